The molecule has 1 amide bonds. The molecule has 4 aromatic rings. The van der Waals surface area contributed by atoms with Gasteiger partial charge in [0.15, 0.2) is 17.1 Å². The zero-order valence-electron chi connectivity index (χ0n) is 18.4. The van der Waals surface area contributed by atoms with Crippen LogP contribution in [0.1, 0.15) is 41.0 Å². The number of H-pyrrole nitrogens is 1. The normalized spacial score (nSPS) is 15.6. The van der Waals surface area contributed by atoms with Crippen LogP contribution < -0.4 is 20.7 Å². The third-order valence-corrected chi connectivity index (χ3v) is 6.52. The van der Waals surface area contributed by atoms with Gasteiger partial charge in [-0.2, -0.15) is 5.10 Å². The maximum absolute atomic E-state index is 12.8. The number of nitrogens with one attached hydrogen (secondary N) is 4. The lowest BCUT2D eigenvalue weighted by Crippen LogP contribution is -2.26. The monoisotopic (exact) mass is 445 g/mol. The highest BCUT2D eigenvalue weighted by Gasteiger charge is 2.19. The van der Waals surface area contributed by atoms with Crippen molar-refractivity contribution in [2.24, 2.45) is 5.92 Å². The van der Waals surface area contributed by atoms with Crippen LogP contribution >= 0.6 is 0 Å². The van der Waals surface area contributed by atoms with E-state index >= 15 is 0 Å². The van der Waals surface area contributed by atoms with Crippen LogP contribution in [-0.2, 0) is 13.1 Å². The molecule has 1 aromatic carbocycles. The highest BCUT2D eigenvalue weighted by atomic mass is 16.5. The van der Waals surface area contributed by atoms with E-state index < -0.39 is 0 Å². The number of benzene rings is 1. The predicted molar refractivity (Wildman–Crippen MR) is 125 cm³/mol. The highest BCUT2D eigenvalue weighted by Crippen LogP contribution is 2.28. The van der Waals surface area contributed by atoms with Crippen molar-refractivity contribution in [3.63, 3.8) is 0 Å². The van der Waals surface area contributed by atoms with Gasteiger partial charge in [0.1, 0.15) is 12.3 Å². The van der Waals surface area contributed by atoms with E-state index in [1.807, 2.05) is 6.07 Å². The van der Waals surface area contributed by atoms with Crippen LogP contribution in [0.2, 0.25) is 0 Å². The van der Waals surface area contributed by atoms with Crippen molar-refractivity contribution in [1.82, 2.24) is 30.2 Å². The number of nitrogens with zero attached hydrogens (tertiary/aromatic N) is 3. The summed E-state index contributed by atoms with van der Waals surface area (Å²) >= 11 is 0. The molecule has 1 aliphatic heterocycles. The second kappa shape index (κ2) is 8.40. The van der Waals surface area contributed by atoms with Gasteiger partial charge in [0.25, 0.3) is 5.91 Å². The summed E-state index contributed by atoms with van der Waals surface area (Å²) in [4.78, 5) is 20.8. The quantitative estimate of drug-likeness (QED) is 0.348. The van der Waals surface area contributed by atoms with E-state index in [1.54, 1.807) is 16.9 Å². The minimum Gasteiger partial charge on any atom is -0.488 e. The number of aromatic nitrogens is 4. The van der Waals surface area contributed by atoms with Gasteiger partial charge in [-0.25, -0.2) is 9.50 Å². The van der Waals surface area contributed by atoms with Gasteiger partial charge in [-0.05, 0) is 48.4 Å². The summed E-state index contributed by atoms with van der Waals surface area (Å²) in [7, 11) is 0. The largest absolute Gasteiger partial charge is 0.488 e. The number of carbonyl (C=O) groups excluding carboxylic acids is 1. The molecule has 0 atom stereocenters. The van der Waals surface area contributed by atoms with E-state index in [2.05, 4.69) is 49.2 Å². The highest BCUT2D eigenvalue weighted by molar-refractivity contribution is 5.93. The van der Waals surface area contributed by atoms with E-state index in [0.29, 0.717) is 37.0 Å². The lowest BCUT2D eigenvalue weighted by atomic mass is 9.85. The standard InChI is InChI=1S/C24H27N7O2/c32-24(20-14-31-22-21(13-28-31)33-7-6-26-23(22)30-20)27-11-16-4-5-17-9-18(29-19(17)8-16)12-25-10-15-2-1-3-15/h4-5,8-9,13-15,25,29H,1-3,6-7,10-12H2,(H,26,30)(H,27,32). The van der Waals surface area contributed by atoms with Gasteiger partial charge in [-0.3, -0.25) is 4.79 Å². The van der Waals surface area contributed by atoms with Crippen molar-refractivity contribution >= 4 is 28.1 Å². The van der Waals surface area contributed by atoms with E-state index in [9.17, 15) is 4.79 Å². The number of carbonyl (C=O) groups is 1. The fourth-order valence-corrected chi connectivity index (χ4v) is 4.48. The molecule has 1 aliphatic carbocycles. The van der Waals surface area contributed by atoms with Gasteiger partial charge in [0.05, 0.1) is 18.9 Å². The summed E-state index contributed by atoms with van der Waals surface area (Å²) in [5, 5.41) is 15.2. The Balaban J connectivity index is 1.12. The van der Waals surface area contributed by atoms with Crippen LogP contribution in [0.25, 0.3) is 16.4 Å². The van der Waals surface area contributed by atoms with Gasteiger partial charge in [0, 0.05) is 24.3 Å². The van der Waals surface area contributed by atoms with E-state index in [1.165, 1.54) is 30.3 Å². The molecule has 9 heteroatoms. The summed E-state index contributed by atoms with van der Waals surface area (Å²) in [6.45, 7) is 3.51. The molecule has 1 saturated carbocycles. The van der Waals surface area contributed by atoms with Crippen molar-refractivity contribution in [3.8, 4) is 5.75 Å². The maximum Gasteiger partial charge on any atom is 0.271 e. The molecule has 0 bridgehead atoms. The van der Waals surface area contributed by atoms with Crippen molar-refractivity contribution < 1.29 is 9.53 Å². The maximum atomic E-state index is 12.8. The third kappa shape index (κ3) is 4.00. The second-order valence-corrected chi connectivity index (χ2v) is 8.88. The van der Waals surface area contributed by atoms with Crippen LogP contribution in [0, 0.1) is 5.92 Å². The minimum atomic E-state index is -0.246. The zero-order chi connectivity index (χ0) is 22.2. The first-order chi connectivity index (χ1) is 16.2. The number of aromatic amines is 1. The first kappa shape index (κ1) is 20.0. The Bertz CT molecular complexity index is 1320. The van der Waals surface area contributed by atoms with Crippen molar-refractivity contribution in [1.29, 1.82) is 0 Å². The van der Waals surface area contributed by atoms with Gasteiger partial charge in [0.2, 0.25) is 0 Å². The molecular weight excluding hydrogens is 418 g/mol. The number of rotatable bonds is 7. The number of hydrogen-bond acceptors (Lipinski definition) is 6. The van der Waals surface area contributed by atoms with Gasteiger partial charge < -0.3 is 25.7 Å². The molecule has 1 fully saturated rings. The Kier molecular flexibility index (Phi) is 5.10. The third-order valence-electron chi connectivity index (χ3n) is 6.52. The molecular formula is C24H27N7O2. The molecule has 0 radical (unpaired) electrons. The Morgan fingerprint density at radius 1 is 1.24 bits per heavy atom. The number of fused-ring (bicyclic) bond motifs is 1. The molecule has 170 valence electrons. The zero-order valence-corrected chi connectivity index (χ0v) is 18.4. The van der Waals surface area contributed by atoms with Crippen molar-refractivity contribution in [3.05, 3.63) is 53.6 Å². The van der Waals surface area contributed by atoms with Crippen LogP contribution in [0.3, 0.4) is 0 Å². The smallest absolute Gasteiger partial charge is 0.271 e. The first-order valence-electron chi connectivity index (χ1n) is 11.6. The molecule has 0 spiro atoms. The Labute approximate surface area is 190 Å². The first-order valence-corrected chi connectivity index (χ1v) is 11.6. The average Bonchev–Trinajstić information content (AvgIpc) is 3.33. The Morgan fingerprint density at radius 3 is 3.06 bits per heavy atom. The van der Waals surface area contributed by atoms with Crippen LogP contribution in [-0.4, -0.2) is 45.2 Å². The topological polar surface area (TPSA) is 108 Å². The minimum absolute atomic E-state index is 0.246. The van der Waals surface area contributed by atoms with Crippen LogP contribution in [0.4, 0.5) is 5.82 Å². The van der Waals surface area contributed by atoms with Gasteiger partial charge >= 0.3 is 0 Å². The van der Waals surface area contributed by atoms with Crippen molar-refractivity contribution in [2.45, 2.75) is 32.4 Å². The fraction of sp³-hybridized carbons (Fsp3) is 0.375. The summed E-state index contributed by atoms with van der Waals surface area (Å²) in [5.41, 5.74) is 4.35. The number of anilines is 1. The van der Waals surface area contributed by atoms with Gasteiger partial charge in [-0.1, -0.05) is 18.6 Å². The molecule has 4 heterocycles. The lowest BCUT2D eigenvalue weighted by Gasteiger charge is -2.25. The molecule has 0 saturated heterocycles. The summed E-state index contributed by atoms with van der Waals surface area (Å²) in [5.74, 6) is 1.89. The molecule has 9 nitrogen and oxygen atoms in total. The molecule has 3 aromatic heterocycles. The number of amides is 1. The molecule has 2 aliphatic rings. The Hall–Kier alpha value is -3.59. The molecule has 4 N–H and O–H groups in total. The molecule has 0 unspecified atom stereocenters. The number of hydrogen-bond donors (Lipinski definition) is 4. The van der Waals surface area contributed by atoms with Crippen LogP contribution in [0.15, 0.2) is 36.7 Å². The lowest BCUT2D eigenvalue weighted by molar-refractivity contribution is 0.0945. The molecule has 33 heavy (non-hydrogen) atoms. The van der Waals surface area contributed by atoms with E-state index in [4.69, 9.17) is 4.74 Å². The summed E-state index contributed by atoms with van der Waals surface area (Å²) in [6.07, 6.45) is 7.36. The van der Waals surface area contributed by atoms with E-state index in [0.717, 1.165) is 35.6 Å². The van der Waals surface area contributed by atoms with Crippen LogP contribution in [0.5, 0.6) is 5.75 Å². The van der Waals surface area contributed by atoms with Gasteiger partial charge in [-0.15, -0.1) is 0 Å². The summed E-state index contributed by atoms with van der Waals surface area (Å²) in [6, 6.07) is 8.42. The van der Waals surface area contributed by atoms with E-state index in [-0.39, 0.29) is 5.91 Å². The van der Waals surface area contributed by atoms with Crippen molar-refractivity contribution in [2.75, 3.05) is 25.0 Å². The fourth-order valence-electron chi connectivity index (χ4n) is 4.48. The predicted octanol–water partition coefficient (Wildman–Crippen LogP) is 2.83. The second-order valence-electron chi connectivity index (χ2n) is 8.88. The Morgan fingerprint density at radius 2 is 2.18 bits per heavy atom. The number of ether oxygens (including phenoxy) is 1. The average molecular weight is 446 g/mol. The SMILES string of the molecule is O=C(NCc1ccc2cc(CNCC3CCC3)[nH]c2c1)c1cn2ncc3c2c(n1)NCCO3. The molecule has 6 rings (SSSR count). The summed E-state index contributed by atoms with van der Waals surface area (Å²) < 4.78 is 7.28.